The second kappa shape index (κ2) is 7.33. The Balaban J connectivity index is 1.67. The van der Waals surface area contributed by atoms with Crippen LogP contribution in [0.2, 0.25) is 0 Å². The Morgan fingerprint density at radius 3 is 2.36 bits per heavy atom. The van der Waals surface area contributed by atoms with Crippen molar-refractivity contribution in [1.29, 1.82) is 0 Å². The number of nitro benzene ring substituents is 1. The van der Waals surface area contributed by atoms with Gasteiger partial charge in [-0.3, -0.25) is 10.1 Å². The minimum atomic E-state index is -3.69. The number of rotatable bonds is 5. The van der Waals surface area contributed by atoms with E-state index in [0.717, 1.165) is 25.3 Å². The summed E-state index contributed by atoms with van der Waals surface area (Å²) in [5, 5.41) is 10.9. The van der Waals surface area contributed by atoms with Crippen molar-refractivity contribution in [2.75, 3.05) is 13.1 Å². The summed E-state index contributed by atoms with van der Waals surface area (Å²) < 4.78 is 26.9. The van der Waals surface area contributed by atoms with Crippen LogP contribution in [0.25, 0.3) is 0 Å². The van der Waals surface area contributed by atoms with E-state index in [1.165, 1.54) is 28.1 Å². The summed E-state index contributed by atoms with van der Waals surface area (Å²) in [6, 6.07) is 15.4. The van der Waals surface area contributed by atoms with Gasteiger partial charge in [-0.2, -0.15) is 4.31 Å². The summed E-state index contributed by atoms with van der Waals surface area (Å²) in [6.45, 7) is 0.894. The highest BCUT2D eigenvalue weighted by atomic mass is 32.2. The van der Waals surface area contributed by atoms with Gasteiger partial charge in [-0.25, -0.2) is 8.42 Å². The van der Waals surface area contributed by atoms with E-state index in [-0.39, 0.29) is 10.6 Å². The fraction of sp³-hybridized carbons (Fsp3) is 0.333. The van der Waals surface area contributed by atoms with E-state index in [1.807, 2.05) is 18.2 Å². The van der Waals surface area contributed by atoms with Gasteiger partial charge in [0.05, 0.1) is 9.82 Å². The van der Waals surface area contributed by atoms with Crippen molar-refractivity contribution < 1.29 is 13.3 Å². The van der Waals surface area contributed by atoms with E-state index < -0.39 is 14.9 Å². The molecule has 0 saturated carbocycles. The van der Waals surface area contributed by atoms with Crippen LogP contribution in [0, 0.1) is 16.0 Å². The molecule has 1 fully saturated rings. The molecule has 0 spiro atoms. The summed E-state index contributed by atoms with van der Waals surface area (Å²) in [5.74, 6) is 0.457. The smallest absolute Gasteiger partial charge is 0.258 e. The number of hydrogen-bond acceptors (Lipinski definition) is 4. The second-order valence-corrected chi connectivity index (χ2v) is 8.23. The topological polar surface area (TPSA) is 80.5 Å². The summed E-state index contributed by atoms with van der Waals surface area (Å²) in [5.41, 5.74) is 1.06. The molecule has 2 aromatic carbocycles. The molecule has 1 aliphatic heterocycles. The zero-order valence-corrected chi connectivity index (χ0v) is 14.6. The first-order valence-electron chi connectivity index (χ1n) is 8.25. The van der Waals surface area contributed by atoms with Crippen LogP contribution in [0.3, 0.4) is 0 Å². The monoisotopic (exact) mass is 360 g/mol. The lowest BCUT2D eigenvalue weighted by atomic mass is 9.91. The maximum atomic E-state index is 12.7. The van der Waals surface area contributed by atoms with E-state index in [4.69, 9.17) is 0 Å². The predicted octanol–water partition coefficient (Wildman–Crippen LogP) is 3.24. The fourth-order valence-electron chi connectivity index (χ4n) is 3.21. The number of sulfonamides is 1. The van der Waals surface area contributed by atoms with Crippen LogP contribution in [0.4, 0.5) is 5.69 Å². The highest BCUT2D eigenvalue weighted by Crippen LogP contribution is 2.27. The highest BCUT2D eigenvalue weighted by molar-refractivity contribution is 7.89. The Hall–Kier alpha value is -2.25. The van der Waals surface area contributed by atoms with Gasteiger partial charge >= 0.3 is 0 Å². The van der Waals surface area contributed by atoms with Gasteiger partial charge in [-0.05, 0) is 36.8 Å². The predicted molar refractivity (Wildman–Crippen MR) is 94.7 cm³/mol. The molecule has 7 heteroatoms. The van der Waals surface area contributed by atoms with E-state index in [0.29, 0.717) is 19.0 Å². The van der Waals surface area contributed by atoms with Gasteiger partial charge < -0.3 is 0 Å². The average Bonchev–Trinajstić information content (AvgIpc) is 2.63. The normalized spacial score (nSPS) is 16.6. The fourth-order valence-corrected chi connectivity index (χ4v) is 4.72. The van der Waals surface area contributed by atoms with Crippen LogP contribution in [0.5, 0.6) is 0 Å². The Bertz CT molecular complexity index is 844. The number of piperidine rings is 1. The van der Waals surface area contributed by atoms with Gasteiger partial charge in [0.15, 0.2) is 0 Å². The van der Waals surface area contributed by atoms with Crippen molar-refractivity contribution in [3.63, 3.8) is 0 Å². The summed E-state index contributed by atoms with van der Waals surface area (Å²) in [6.07, 6.45) is 2.54. The van der Waals surface area contributed by atoms with Gasteiger partial charge in [-0.15, -0.1) is 0 Å². The lowest BCUT2D eigenvalue weighted by Gasteiger charge is -2.31. The quantitative estimate of drug-likeness (QED) is 0.605. The Morgan fingerprint density at radius 2 is 1.72 bits per heavy atom. The van der Waals surface area contributed by atoms with Crippen LogP contribution in [0.15, 0.2) is 59.5 Å². The average molecular weight is 360 g/mol. The molecule has 0 N–H and O–H groups in total. The molecule has 3 rings (SSSR count). The van der Waals surface area contributed by atoms with Crippen LogP contribution < -0.4 is 0 Å². The summed E-state index contributed by atoms with van der Waals surface area (Å²) in [7, 11) is -3.69. The highest BCUT2D eigenvalue weighted by Gasteiger charge is 2.30. The molecule has 0 amide bonds. The molecule has 25 heavy (non-hydrogen) atoms. The molecule has 2 aromatic rings. The zero-order chi connectivity index (χ0) is 17.9. The molecule has 6 nitrogen and oxygen atoms in total. The Labute approximate surface area is 147 Å². The summed E-state index contributed by atoms with van der Waals surface area (Å²) >= 11 is 0. The molecule has 0 radical (unpaired) electrons. The number of nitrogens with zero attached hydrogens (tertiary/aromatic N) is 2. The van der Waals surface area contributed by atoms with Crippen molar-refractivity contribution in [1.82, 2.24) is 4.31 Å². The number of nitro groups is 1. The maximum Gasteiger partial charge on any atom is 0.270 e. The first-order chi connectivity index (χ1) is 12.0. The van der Waals surface area contributed by atoms with Gasteiger partial charge in [0.2, 0.25) is 10.0 Å². The zero-order valence-electron chi connectivity index (χ0n) is 13.7. The van der Waals surface area contributed by atoms with E-state index >= 15 is 0 Å². The van der Waals surface area contributed by atoms with E-state index in [2.05, 4.69) is 12.1 Å². The SMILES string of the molecule is O=[N+]([O-])c1cccc(S(=O)(=O)N2CCC(Cc3ccccc3)CC2)c1. The molecule has 0 unspecified atom stereocenters. The van der Waals surface area contributed by atoms with Crippen LogP contribution in [-0.2, 0) is 16.4 Å². The van der Waals surface area contributed by atoms with Crippen molar-refractivity contribution in [2.24, 2.45) is 5.92 Å². The molecule has 1 aliphatic rings. The number of hydrogen-bond donors (Lipinski definition) is 0. The lowest BCUT2D eigenvalue weighted by Crippen LogP contribution is -2.38. The van der Waals surface area contributed by atoms with Crippen LogP contribution >= 0.6 is 0 Å². The van der Waals surface area contributed by atoms with Crippen molar-refractivity contribution in [3.8, 4) is 0 Å². The first-order valence-corrected chi connectivity index (χ1v) is 9.69. The van der Waals surface area contributed by atoms with E-state index in [1.54, 1.807) is 0 Å². The molecule has 0 bridgehead atoms. The molecule has 0 aromatic heterocycles. The van der Waals surface area contributed by atoms with Gasteiger partial charge in [0.25, 0.3) is 5.69 Å². The Kier molecular flexibility index (Phi) is 5.15. The van der Waals surface area contributed by atoms with Gasteiger partial charge in [-0.1, -0.05) is 36.4 Å². The third-order valence-corrected chi connectivity index (χ3v) is 6.50. The molecule has 1 saturated heterocycles. The number of benzene rings is 2. The third-order valence-electron chi connectivity index (χ3n) is 4.61. The summed E-state index contributed by atoms with van der Waals surface area (Å²) in [4.78, 5) is 10.3. The molecule has 132 valence electrons. The van der Waals surface area contributed by atoms with Crippen LogP contribution in [-0.4, -0.2) is 30.7 Å². The van der Waals surface area contributed by atoms with Gasteiger partial charge in [0.1, 0.15) is 0 Å². The maximum absolute atomic E-state index is 12.7. The minimum absolute atomic E-state index is 0.0109. The molecule has 0 atom stereocenters. The standard InChI is InChI=1S/C18H20N2O4S/c21-20(22)17-7-4-8-18(14-17)25(23,24)19-11-9-16(10-12-19)13-15-5-2-1-3-6-15/h1-8,14,16H,9-13H2. The molecular formula is C18H20N2O4S. The van der Waals surface area contributed by atoms with Crippen LogP contribution in [0.1, 0.15) is 18.4 Å². The first kappa shape index (κ1) is 17.6. The Morgan fingerprint density at radius 1 is 1.04 bits per heavy atom. The lowest BCUT2D eigenvalue weighted by molar-refractivity contribution is -0.385. The third kappa shape index (κ3) is 4.05. The largest absolute Gasteiger partial charge is 0.270 e. The minimum Gasteiger partial charge on any atom is -0.258 e. The van der Waals surface area contributed by atoms with Gasteiger partial charge in [0, 0.05) is 25.2 Å². The van der Waals surface area contributed by atoms with E-state index in [9.17, 15) is 18.5 Å². The number of non-ortho nitro benzene ring substituents is 1. The van der Waals surface area contributed by atoms with Crippen molar-refractivity contribution in [2.45, 2.75) is 24.2 Å². The second-order valence-electron chi connectivity index (χ2n) is 6.29. The van der Waals surface area contributed by atoms with Crippen molar-refractivity contribution in [3.05, 3.63) is 70.3 Å². The van der Waals surface area contributed by atoms with Crippen molar-refractivity contribution >= 4 is 15.7 Å². The molecule has 0 aliphatic carbocycles. The molecule has 1 heterocycles. The molecular weight excluding hydrogens is 340 g/mol.